The van der Waals surface area contributed by atoms with Gasteiger partial charge >= 0.3 is 6.01 Å². The van der Waals surface area contributed by atoms with Gasteiger partial charge in [0.25, 0.3) is 5.89 Å². The van der Waals surface area contributed by atoms with Crippen molar-refractivity contribution in [1.29, 1.82) is 0 Å². The third kappa shape index (κ3) is 3.28. The minimum atomic E-state index is 0.247. The molecule has 0 saturated carbocycles. The van der Waals surface area contributed by atoms with Crippen LogP contribution in [0.5, 0.6) is 6.01 Å². The van der Waals surface area contributed by atoms with E-state index in [1.807, 2.05) is 30.3 Å². The van der Waals surface area contributed by atoms with E-state index < -0.39 is 0 Å². The first-order chi connectivity index (χ1) is 12.3. The van der Waals surface area contributed by atoms with Crippen LogP contribution in [0.2, 0.25) is 0 Å². The van der Waals surface area contributed by atoms with Crippen LogP contribution in [0.25, 0.3) is 23.1 Å². The predicted octanol–water partition coefficient (Wildman–Crippen LogP) is 2.59. The Balaban J connectivity index is 1.69. The van der Waals surface area contributed by atoms with E-state index in [-0.39, 0.29) is 6.01 Å². The number of benzene rings is 1. The number of hydrogen-bond donors (Lipinski definition) is 0. The van der Waals surface area contributed by atoms with E-state index in [2.05, 4.69) is 30.0 Å². The normalized spacial score (nSPS) is 14.5. The van der Waals surface area contributed by atoms with Gasteiger partial charge in [-0.25, -0.2) is 0 Å². The molecule has 2 aromatic heterocycles. The second kappa shape index (κ2) is 6.84. The molecule has 25 heavy (non-hydrogen) atoms. The van der Waals surface area contributed by atoms with Crippen LogP contribution in [0.15, 0.2) is 34.9 Å². The van der Waals surface area contributed by atoms with Crippen LogP contribution < -0.4 is 9.64 Å². The van der Waals surface area contributed by atoms with Crippen molar-refractivity contribution in [2.24, 2.45) is 0 Å². The molecule has 0 spiro atoms. The van der Waals surface area contributed by atoms with E-state index in [1.165, 1.54) is 13.5 Å². The average Bonchev–Trinajstić information content (AvgIpc) is 3.19. The van der Waals surface area contributed by atoms with Crippen molar-refractivity contribution in [2.75, 3.05) is 25.1 Å². The van der Waals surface area contributed by atoms with E-state index in [9.17, 15) is 0 Å². The van der Waals surface area contributed by atoms with E-state index in [0.717, 1.165) is 31.5 Å². The standard InChI is InChI=1S/C17H18N6O2/c1-24-17-20-13(19-16(21-17)23-10-6-3-7-11-23)14-18-15(25-22-14)12-8-4-2-5-9-12/h2,4-5,8-9H,3,6-7,10-11H2,1H3. The zero-order valence-corrected chi connectivity index (χ0v) is 13.9. The molecule has 0 unspecified atom stereocenters. The fourth-order valence-corrected chi connectivity index (χ4v) is 2.78. The molecule has 0 atom stereocenters. The quantitative estimate of drug-likeness (QED) is 0.717. The number of aromatic nitrogens is 5. The third-order valence-electron chi connectivity index (χ3n) is 4.07. The summed E-state index contributed by atoms with van der Waals surface area (Å²) in [6.07, 6.45) is 3.49. The molecular formula is C17H18N6O2. The lowest BCUT2D eigenvalue weighted by atomic mass is 10.1. The van der Waals surface area contributed by atoms with E-state index in [4.69, 9.17) is 9.26 Å². The van der Waals surface area contributed by atoms with Crippen LogP contribution in [-0.4, -0.2) is 45.3 Å². The summed E-state index contributed by atoms with van der Waals surface area (Å²) < 4.78 is 10.6. The first-order valence-electron chi connectivity index (χ1n) is 8.28. The smallest absolute Gasteiger partial charge is 0.321 e. The van der Waals surface area contributed by atoms with Gasteiger partial charge in [0, 0.05) is 18.7 Å². The molecule has 4 rings (SSSR count). The highest BCUT2D eigenvalue weighted by Gasteiger charge is 2.20. The molecule has 1 saturated heterocycles. The molecule has 128 valence electrons. The Morgan fingerprint density at radius 2 is 1.72 bits per heavy atom. The number of nitrogens with zero attached hydrogens (tertiary/aromatic N) is 6. The van der Waals surface area contributed by atoms with E-state index in [0.29, 0.717) is 23.5 Å². The summed E-state index contributed by atoms with van der Waals surface area (Å²) >= 11 is 0. The minimum Gasteiger partial charge on any atom is -0.467 e. The highest BCUT2D eigenvalue weighted by molar-refractivity contribution is 5.56. The molecule has 3 heterocycles. The molecule has 0 radical (unpaired) electrons. The van der Waals surface area contributed by atoms with E-state index >= 15 is 0 Å². The molecule has 8 heteroatoms. The Kier molecular flexibility index (Phi) is 4.24. The van der Waals surface area contributed by atoms with Crippen molar-refractivity contribution in [3.8, 4) is 29.1 Å². The summed E-state index contributed by atoms with van der Waals surface area (Å²) in [7, 11) is 1.53. The summed E-state index contributed by atoms with van der Waals surface area (Å²) in [5.41, 5.74) is 0.846. The van der Waals surface area contributed by atoms with Gasteiger partial charge in [0.05, 0.1) is 7.11 Å². The molecule has 1 aliphatic heterocycles. The second-order valence-corrected chi connectivity index (χ2v) is 5.78. The van der Waals surface area contributed by atoms with Gasteiger partial charge in [0.15, 0.2) is 0 Å². The highest BCUT2D eigenvalue weighted by atomic mass is 16.5. The molecule has 1 fully saturated rings. The van der Waals surface area contributed by atoms with Gasteiger partial charge in [0.2, 0.25) is 17.6 Å². The lowest BCUT2D eigenvalue weighted by molar-refractivity contribution is 0.377. The molecule has 0 N–H and O–H groups in total. The van der Waals surface area contributed by atoms with Gasteiger partial charge < -0.3 is 14.2 Å². The SMILES string of the molecule is COc1nc(-c2noc(-c3ccccc3)n2)nc(N2CCCCC2)n1. The predicted molar refractivity (Wildman–Crippen MR) is 91.2 cm³/mol. The molecule has 0 aliphatic carbocycles. The summed E-state index contributed by atoms with van der Waals surface area (Å²) in [4.78, 5) is 19.7. The van der Waals surface area contributed by atoms with E-state index in [1.54, 1.807) is 0 Å². The highest BCUT2D eigenvalue weighted by Crippen LogP contribution is 2.23. The number of ether oxygens (including phenoxy) is 1. The van der Waals surface area contributed by atoms with Crippen LogP contribution in [0, 0.1) is 0 Å². The molecule has 1 aromatic carbocycles. The van der Waals surface area contributed by atoms with Gasteiger partial charge in [-0.2, -0.15) is 19.9 Å². The fraction of sp³-hybridized carbons (Fsp3) is 0.353. The van der Waals surface area contributed by atoms with Gasteiger partial charge in [-0.15, -0.1) is 0 Å². The topological polar surface area (TPSA) is 90.1 Å². The van der Waals surface area contributed by atoms with Crippen molar-refractivity contribution in [2.45, 2.75) is 19.3 Å². The summed E-state index contributed by atoms with van der Waals surface area (Å²) in [6.45, 7) is 1.85. The average molecular weight is 338 g/mol. The van der Waals surface area contributed by atoms with Gasteiger partial charge in [0.1, 0.15) is 0 Å². The number of piperidine rings is 1. The number of methoxy groups -OCH3 is 1. The third-order valence-corrected chi connectivity index (χ3v) is 4.07. The van der Waals surface area contributed by atoms with Crippen LogP contribution in [0.4, 0.5) is 5.95 Å². The van der Waals surface area contributed by atoms with Crippen molar-refractivity contribution >= 4 is 5.95 Å². The Hall–Kier alpha value is -3.03. The Labute approximate surface area is 144 Å². The number of rotatable bonds is 4. The summed E-state index contributed by atoms with van der Waals surface area (Å²) in [6, 6.07) is 9.83. The Morgan fingerprint density at radius 3 is 2.48 bits per heavy atom. The van der Waals surface area contributed by atoms with Gasteiger partial charge in [-0.3, -0.25) is 0 Å². The first kappa shape index (κ1) is 15.5. The maximum atomic E-state index is 5.35. The maximum Gasteiger partial charge on any atom is 0.321 e. The Morgan fingerprint density at radius 1 is 0.920 bits per heavy atom. The molecule has 0 bridgehead atoms. The van der Waals surface area contributed by atoms with Crippen molar-refractivity contribution in [1.82, 2.24) is 25.1 Å². The van der Waals surface area contributed by atoms with Crippen LogP contribution in [-0.2, 0) is 0 Å². The van der Waals surface area contributed by atoms with Gasteiger partial charge in [-0.1, -0.05) is 23.4 Å². The van der Waals surface area contributed by atoms with Crippen molar-refractivity contribution < 1.29 is 9.26 Å². The van der Waals surface area contributed by atoms with Crippen molar-refractivity contribution in [3.05, 3.63) is 30.3 Å². The lowest BCUT2D eigenvalue weighted by Gasteiger charge is -2.26. The van der Waals surface area contributed by atoms with Crippen molar-refractivity contribution in [3.63, 3.8) is 0 Å². The maximum absolute atomic E-state index is 5.35. The van der Waals surface area contributed by atoms with Crippen LogP contribution >= 0.6 is 0 Å². The summed E-state index contributed by atoms with van der Waals surface area (Å²) in [5, 5.41) is 4.01. The minimum absolute atomic E-state index is 0.247. The fourth-order valence-electron chi connectivity index (χ4n) is 2.78. The molecule has 3 aromatic rings. The lowest BCUT2D eigenvalue weighted by Crippen LogP contribution is -2.31. The zero-order valence-electron chi connectivity index (χ0n) is 13.9. The van der Waals surface area contributed by atoms with Crippen LogP contribution in [0.1, 0.15) is 19.3 Å². The number of anilines is 1. The summed E-state index contributed by atoms with van der Waals surface area (Å²) in [5.74, 6) is 1.68. The second-order valence-electron chi connectivity index (χ2n) is 5.78. The number of hydrogen-bond acceptors (Lipinski definition) is 8. The van der Waals surface area contributed by atoms with Crippen LogP contribution in [0.3, 0.4) is 0 Å². The Bertz CT molecular complexity index is 845. The first-order valence-corrected chi connectivity index (χ1v) is 8.28. The largest absolute Gasteiger partial charge is 0.467 e. The molecule has 8 nitrogen and oxygen atoms in total. The van der Waals surface area contributed by atoms with Gasteiger partial charge in [-0.05, 0) is 31.4 Å². The zero-order chi connectivity index (χ0) is 17.1. The monoisotopic (exact) mass is 338 g/mol. The molecular weight excluding hydrogens is 320 g/mol. The molecule has 1 aliphatic rings. The molecule has 0 amide bonds.